The summed E-state index contributed by atoms with van der Waals surface area (Å²) in [6, 6.07) is 6.86. The summed E-state index contributed by atoms with van der Waals surface area (Å²) in [7, 11) is 1.73. The summed E-state index contributed by atoms with van der Waals surface area (Å²) in [5.74, 6) is 2.14. The molecular formula is C17H25NO2S. The SMILES string of the molecule is COc1ccc2c(c1)[C@H](NCC1(CCO)CC1)CCCS2. The molecule has 0 spiro atoms. The van der Waals surface area contributed by atoms with E-state index in [-0.39, 0.29) is 0 Å². The summed E-state index contributed by atoms with van der Waals surface area (Å²) >= 11 is 1.96. The zero-order valence-corrected chi connectivity index (χ0v) is 13.5. The fourth-order valence-corrected chi connectivity index (χ4v) is 4.23. The van der Waals surface area contributed by atoms with Crippen molar-refractivity contribution in [3.8, 4) is 5.75 Å². The van der Waals surface area contributed by atoms with Crippen molar-refractivity contribution < 1.29 is 9.84 Å². The van der Waals surface area contributed by atoms with Gasteiger partial charge in [0.1, 0.15) is 5.75 Å². The minimum Gasteiger partial charge on any atom is -0.497 e. The second-order valence-electron chi connectivity index (χ2n) is 6.30. The second-order valence-corrected chi connectivity index (χ2v) is 7.44. The molecule has 1 aliphatic carbocycles. The molecule has 0 amide bonds. The number of aliphatic hydroxyl groups excluding tert-OH is 1. The molecule has 2 N–H and O–H groups in total. The van der Waals surface area contributed by atoms with E-state index in [0.717, 1.165) is 18.7 Å². The number of thioether (sulfide) groups is 1. The Labute approximate surface area is 131 Å². The maximum Gasteiger partial charge on any atom is 0.119 e. The van der Waals surface area contributed by atoms with Crippen LogP contribution in [0.1, 0.15) is 43.7 Å². The molecule has 1 heterocycles. The van der Waals surface area contributed by atoms with E-state index < -0.39 is 0 Å². The number of rotatable bonds is 6. The van der Waals surface area contributed by atoms with Gasteiger partial charge in [-0.05, 0) is 67.0 Å². The van der Waals surface area contributed by atoms with E-state index in [4.69, 9.17) is 4.74 Å². The van der Waals surface area contributed by atoms with Crippen LogP contribution in [0.2, 0.25) is 0 Å². The molecule has 3 nitrogen and oxygen atoms in total. The molecule has 1 saturated carbocycles. The molecule has 0 radical (unpaired) electrons. The smallest absolute Gasteiger partial charge is 0.119 e. The quantitative estimate of drug-likeness (QED) is 0.845. The van der Waals surface area contributed by atoms with E-state index in [2.05, 4.69) is 23.5 Å². The van der Waals surface area contributed by atoms with Gasteiger partial charge in [0.05, 0.1) is 7.11 Å². The van der Waals surface area contributed by atoms with Gasteiger partial charge in [-0.1, -0.05) is 0 Å². The van der Waals surface area contributed by atoms with Gasteiger partial charge < -0.3 is 15.2 Å². The highest BCUT2D eigenvalue weighted by Gasteiger charge is 2.41. The van der Waals surface area contributed by atoms with Crippen molar-refractivity contribution >= 4 is 11.8 Å². The third kappa shape index (κ3) is 3.55. The van der Waals surface area contributed by atoms with Gasteiger partial charge >= 0.3 is 0 Å². The Hall–Kier alpha value is -0.710. The molecule has 4 heteroatoms. The van der Waals surface area contributed by atoms with Crippen molar-refractivity contribution in [2.45, 2.75) is 43.0 Å². The summed E-state index contributed by atoms with van der Waals surface area (Å²) in [6.07, 6.45) is 5.88. The molecule has 1 atom stereocenters. The molecular weight excluding hydrogens is 282 g/mol. The minimum atomic E-state index is 0.312. The summed E-state index contributed by atoms with van der Waals surface area (Å²) in [5.41, 5.74) is 1.75. The molecule has 0 saturated heterocycles. The third-order valence-corrected chi connectivity index (χ3v) is 5.99. The first-order valence-corrected chi connectivity index (χ1v) is 8.90. The van der Waals surface area contributed by atoms with Crippen LogP contribution in [0.4, 0.5) is 0 Å². The predicted molar refractivity (Wildman–Crippen MR) is 87.1 cm³/mol. The van der Waals surface area contributed by atoms with Crippen molar-refractivity contribution in [1.82, 2.24) is 5.32 Å². The summed E-state index contributed by atoms with van der Waals surface area (Å²) in [4.78, 5) is 1.39. The van der Waals surface area contributed by atoms with Crippen LogP contribution in [0.15, 0.2) is 23.1 Å². The minimum absolute atomic E-state index is 0.312. The number of hydrogen-bond donors (Lipinski definition) is 2. The lowest BCUT2D eigenvalue weighted by Gasteiger charge is -2.23. The molecule has 1 fully saturated rings. The maximum atomic E-state index is 9.20. The van der Waals surface area contributed by atoms with Gasteiger partial charge in [-0.2, -0.15) is 0 Å². The lowest BCUT2D eigenvalue weighted by atomic mass is 9.98. The van der Waals surface area contributed by atoms with Crippen LogP contribution in [0, 0.1) is 5.41 Å². The first kappa shape index (κ1) is 15.2. The largest absolute Gasteiger partial charge is 0.497 e. The van der Waals surface area contributed by atoms with Crippen LogP contribution < -0.4 is 10.1 Å². The Morgan fingerprint density at radius 3 is 3.00 bits per heavy atom. The van der Waals surface area contributed by atoms with Gasteiger partial charge in [-0.3, -0.25) is 0 Å². The molecule has 0 unspecified atom stereocenters. The number of nitrogens with one attached hydrogen (secondary N) is 1. The van der Waals surface area contributed by atoms with Gasteiger partial charge in [-0.15, -0.1) is 11.8 Å². The lowest BCUT2D eigenvalue weighted by molar-refractivity contribution is 0.241. The van der Waals surface area contributed by atoms with E-state index in [1.54, 1.807) is 7.11 Å². The van der Waals surface area contributed by atoms with Crippen LogP contribution in [0.5, 0.6) is 5.75 Å². The number of fused-ring (bicyclic) bond motifs is 1. The first-order chi connectivity index (χ1) is 10.3. The highest BCUT2D eigenvalue weighted by molar-refractivity contribution is 7.99. The van der Waals surface area contributed by atoms with E-state index in [1.807, 2.05) is 11.8 Å². The number of methoxy groups -OCH3 is 1. The molecule has 116 valence electrons. The molecule has 1 aromatic carbocycles. The van der Waals surface area contributed by atoms with Crippen LogP contribution in [0.25, 0.3) is 0 Å². The number of ether oxygens (including phenoxy) is 1. The first-order valence-electron chi connectivity index (χ1n) is 7.91. The Bertz CT molecular complexity index is 488. The van der Waals surface area contributed by atoms with E-state index in [1.165, 1.54) is 41.9 Å². The number of benzene rings is 1. The average molecular weight is 307 g/mol. The third-order valence-electron chi connectivity index (χ3n) is 4.81. The average Bonchev–Trinajstić information content (AvgIpc) is 3.29. The van der Waals surface area contributed by atoms with Crippen molar-refractivity contribution in [2.24, 2.45) is 5.41 Å². The summed E-state index contributed by atoms with van der Waals surface area (Å²) in [6.45, 7) is 1.34. The molecule has 21 heavy (non-hydrogen) atoms. The van der Waals surface area contributed by atoms with Crippen LogP contribution in [-0.4, -0.2) is 31.1 Å². The highest BCUT2D eigenvalue weighted by atomic mass is 32.2. The van der Waals surface area contributed by atoms with Crippen molar-refractivity contribution in [1.29, 1.82) is 0 Å². The fraction of sp³-hybridized carbons (Fsp3) is 0.647. The van der Waals surface area contributed by atoms with Crippen molar-refractivity contribution in [2.75, 3.05) is 26.0 Å². The number of hydrogen-bond acceptors (Lipinski definition) is 4. The topological polar surface area (TPSA) is 41.5 Å². The molecule has 3 rings (SSSR count). The lowest BCUT2D eigenvalue weighted by Crippen LogP contribution is -2.29. The van der Waals surface area contributed by atoms with Gasteiger partial charge in [0.25, 0.3) is 0 Å². The summed E-state index contributed by atoms with van der Waals surface area (Å²) < 4.78 is 5.40. The van der Waals surface area contributed by atoms with E-state index in [9.17, 15) is 5.11 Å². The van der Waals surface area contributed by atoms with Gasteiger partial charge in [0.15, 0.2) is 0 Å². The van der Waals surface area contributed by atoms with Crippen molar-refractivity contribution in [3.05, 3.63) is 23.8 Å². The molecule has 1 aromatic rings. The van der Waals surface area contributed by atoms with Crippen molar-refractivity contribution in [3.63, 3.8) is 0 Å². The van der Waals surface area contributed by atoms with Gasteiger partial charge in [0.2, 0.25) is 0 Å². The zero-order valence-electron chi connectivity index (χ0n) is 12.7. The normalized spacial score (nSPS) is 23.2. The zero-order chi connectivity index (χ0) is 14.7. The Morgan fingerprint density at radius 2 is 2.29 bits per heavy atom. The monoisotopic (exact) mass is 307 g/mol. The van der Waals surface area contributed by atoms with Crippen LogP contribution in [-0.2, 0) is 0 Å². The molecule has 2 aliphatic rings. The highest BCUT2D eigenvalue weighted by Crippen LogP contribution is 2.48. The van der Waals surface area contributed by atoms with E-state index >= 15 is 0 Å². The van der Waals surface area contributed by atoms with Gasteiger partial charge in [0, 0.05) is 24.1 Å². The Balaban J connectivity index is 1.73. The maximum absolute atomic E-state index is 9.20. The van der Waals surface area contributed by atoms with Crippen LogP contribution in [0.3, 0.4) is 0 Å². The molecule has 1 aliphatic heterocycles. The predicted octanol–water partition coefficient (Wildman–Crippen LogP) is 3.37. The van der Waals surface area contributed by atoms with E-state index in [0.29, 0.717) is 18.1 Å². The van der Waals surface area contributed by atoms with Crippen LogP contribution >= 0.6 is 11.8 Å². The molecule has 0 aromatic heterocycles. The second kappa shape index (κ2) is 6.59. The Morgan fingerprint density at radius 1 is 1.43 bits per heavy atom. The molecule has 0 bridgehead atoms. The Kier molecular flexibility index (Phi) is 4.77. The standard InChI is InChI=1S/C17H25NO2S/c1-20-13-4-5-16-14(11-13)15(3-2-10-21-16)18-12-17(6-7-17)8-9-19/h4-5,11,15,18-19H,2-3,6-10,12H2,1H3/t15-/m1/s1. The summed E-state index contributed by atoms with van der Waals surface area (Å²) in [5, 5.41) is 13.0. The number of aliphatic hydroxyl groups is 1. The fourth-order valence-electron chi connectivity index (χ4n) is 3.16. The van der Waals surface area contributed by atoms with Gasteiger partial charge in [-0.25, -0.2) is 0 Å².